The van der Waals surface area contributed by atoms with Crippen molar-refractivity contribution < 1.29 is 9.53 Å². The molecule has 124 valence electrons. The average molecular weight is 306 g/mol. The summed E-state index contributed by atoms with van der Waals surface area (Å²) in [5.41, 5.74) is 2.04. The zero-order valence-corrected chi connectivity index (χ0v) is 14.7. The summed E-state index contributed by atoms with van der Waals surface area (Å²) in [5, 5.41) is 6.36. The van der Waals surface area contributed by atoms with Crippen molar-refractivity contribution in [1.82, 2.24) is 10.6 Å². The first-order valence-corrected chi connectivity index (χ1v) is 7.93. The molecule has 0 aliphatic carbocycles. The quantitative estimate of drug-likeness (QED) is 0.843. The van der Waals surface area contributed by atoms with Crippen molar-refractivity contribution in [2.24, 2.45) is 5.92 Å². The monoisotopic (exact) mass is 306 g/mol. The third-order valence-electron chi connectivity index (χ3n) is 3.32. The number of hydrogen-bond acceptors (Lipinski definition) is 3. The summed E-state index contributed by atoms with van der Waals surface area (Å²) in [6.07, 6.45) is -0.365. The summed E-state index contributed by atoms with van der Waals surface area (Å²) in [7, 11) is 0. The molecular weight excluding hydrogens is 276 g/mol. The van der Waals surface area contributed by atoms with Crippen LogP contribution >= 0.6 is 0 Å². The summed E-state index contributed by atoms with van der Waals surface area (Å²) in [6, 6.07) is 8.64. The van der Waals surface area contributed by atoms with Crippen LogP contribution in [0, 0.1) is 12.8 Å². The molecule has 1 aromatic carbocycles. The lowest BCUT2D eigenvalue weighted by Crippen LogP contribution is -2.45. The van der Waals surface area contributed by atoms with Crippen LogP contribution < -0.4 is 10.6 Å². The van der Waals surface area contributed by atoms with E-state index in [1.807, 2.05) is 20.8 Å². The molecule has 4 nitrogen and oxygen atoms in total. The summed E-state index contributed by atoms with van der Waals surface area (Å²) in [6.45, 7) is 13.3. The average Bonchev–Trinajstić information content (AvgIpc) is 2.36. The van der Waals surface area contributed by atoms with Gasteiger partial charge in [-0.2, -0.15) is 0 Å². The van der Waals surface area contributed by atoms with Crippen molar-refractivity contribution >= 4 is 6.09 Å². The van der Waals surface area contributed by atoms with Crippen LogP contribution in [0.4, 0.5) is 4.79 Å². The number of benzene rings is 1. The minimum absolute atomic E-state index is 0.202. The highest BCUT2D eigenvalue weighted by Gasteiger charge is 2.18. The number of ether oxygens (including phenoxy) is 1. The fraction of sp³-hybridized carbons (Fsp3) is 0.611. The van der Waals surface area contributed by atoms with Crippen LogP contribution in [0.3, 0.4) is 0 Å². The first-order chi connectivity index (χ1) is 10.2. The van der Waals surface area contributed by atoms with E-state index < -0.39 is 5.60 Å². The van der Waals surface area contributed by atoms with Gasteiger partial charge in [0.05, 0.1) is 0 Å². The predicted molar refractivity (Wildman–Crippen MR) is 90.9 cm³/mol. The maximum absolute atomic E-state index is 11.7. The molecule has 0 heterocycles. The van der Waals surface area contributed by atoms with Gasteiger partial charge in [-0.05, 0) is 39.2 Å². The van der Waals surface area contributed by atoms with Gasteiger partial charge in [-0.25, -0.2) is 4.79 Å². The third-order valence-corrected chi connectivity index (χ3v) is 3.32. The molecule has 0 aliphatic heterocycles. The van der Waals surface area contributed by atoms with Crippen LogP contribution in [0.2, 0.25) is 0 Å². The molecule has 4 heteroatoms. The molecule has 22 heavy (non-hydrogen) atoms. The fourth-order valence-corrected chi connectivity index (χ4v) is 2.12. The number of carbonyl (C=O) groups is 1. The van der Waals surface area contributed by atoms with Crippen molar-refractivity contribution in [3.05, 3.63) is 35.4 Å². The smallest absolute Gasteiger partial charge is 0.407 e. The molecule has 0 saturated carbocycles. The Kier molecular flexibility index (Phi) is 6.88. The van der Waals surface area contributed by atoms with E-state index in [2.05, 4.69) is 55.7 Å². The number of hydrogen-bond donors (Lipinski definition) is 2. The van der Waals surface area contributed by atoms with Gasteiger partial charge in [-0.3, -0.25) is 0 Å². The lowest BCUT2D eigenvalue weighted by molar-refractivity contribution is 0.0519. The molecule has 1 unspecified atom stereocenters. The Morgan fingerprint density at radius 2 is 1.95 bits per heavy atom. The van der Waals surface area contributed by atoms with E-state index in [-0.39, 0.29) is 12.1 Å². The Labute approximate surface area is 134 Å². The largest absolute Gasteiger partial charge is 0.444 e. The van der Waals surface area contributed by atoms with Crippen LogP contribution in [-0.4, -0.2) is 24.3 Å². The van der Waals surface area contributed by atoms with E-state index in [9.17, 15) is 4.79 Å². The van der Waals surface area contributed by atoms with Crippen LogP contribution in [0.5, 0.6) is 0 Å². The molecule has 1 rings (SSSR count). The van der Waals surface area contributed by atoms with Crippen LogP contribution in [0.15, 0.2) is 24.3 Å². The molecule has 1 aromatic rings. The molecule has 0 bridgehead atoms. The first kappa shape index (κ1) is 18.5. The normalized spacial score (nSPS) is 13.0. The van der Waals surface area contributed by atoms with E-state index in [1.54, 1.807) is 0 Å². The van der Waals surface area contributed by atoms with Crippen molar-refractivity contribution in [3.8, 4) is 0 Å². The number of carbonyl (C=O) groups excluding carboxylic acids is 1. The van der Waals surface area contributed by atoms with Gasteiger partial charge in [0.2, 0.25) is 0 Å². The van der Waals surface area contributed by atoms with Gasteiger partial charge in [-0.15, -0.1) is 0 Å². The lowest BCUT2D eigenvalue weighted by atomic mass is 10.0. The Morgan fingerprint density at radius 3 is 2.50 bits per heavy atom. The van der Waals surface area contributed by atoms with Gasteiger partial charge in [0, 0.05) is 19.1 Å². The van der Waals surface area contributed by atoms with Crippen molar-refractivity contribution in [2.45, 2.75) is 59.7 Å². The second-order valence-corrected chi connectivity index (χ2v) is 7.10. The van der Waals surface area contributed by atoms with Gasteiger partial charge >= 0.3 is 6.09 Å². The van der Waals surface area contributed by atoms with E-state index in [0.717, 1.165) is 6.54 Å². The van der Waals surface area contributed by atoms with Crippen molar-refractivity contribution in [2.75, 3.05) is 6.54 Å². The van der Waals surface area contributed by atoms with Gasteiger partial charge in [-0.1, -0.05) is 43.7 Å². The van der Waals surface area contributed by atoms with Crippen molar-refractivity contribution in [1.29, 1.82) is 0 Å². The van der Waals surface area contributed by atoms with Crippen LogP contribution in [0.25, 0.3) is 0 Å². The number of alkyl carbamates (subject to hydrolysis) is 1. The molecule has 0 fully saturated rings. The molecule has 0 spiro atoms. The molecular formula is C18H30N2O2. The minimum atomic E-state index is -0.466. The number of rotatable bonds is 6. The van der Waals surface area contributed by atoms with E-state index in [1.165, 1.54) is 11.1 Å². The topological polar surface area (TPSA) is 50.4 Å². The van der Waals surface area contributed by atoms with E-state index >= 15 is 0 Å². The van der Waals surface area contributed by atoms with Gasteiger partial charge in [0.15, 0.2) is 0 Å². The van der Waals surface area contributed by atoms with Gasteiger partial charge < -0.3 is 15.4 Å². The molecule has 2 N–H and O–H groups in total. The minimum Gasteiger partial charge on any atom is -0.444 e. The van der Waals surface area contributed by atoms with Crippen LogP contribution in [-0.2, 0) is 11.3 Å². The van der Waals surface area contributed by atoms with Gasteiger partial charge in [0.1, 0.15) is 5.60 Å². The summed E-state index contributed by atoms with van der Waals surface area (Å²) in [5.74, 6) is 0.416. The zero-order valence-electron chi connectivity index (χ0n) is 14.7. The Bertz CT molecular complexity index is 478. The first-order valence-electron chi connectivity index (χ1n) is 7.93. The lowest BCUT2D eigenvalue weighted by Gasteiger charge is -2.25. The molecule has 1 atom stereocenters. The fourth-order valence-electron chi connectivity index (χ4n) is 2.12. The number of amides is 1. The maximum Gasteiger partial charge on any atom is 0.407 e. The summed E-state index contributed by atoms with van der Waals surface area (Å²) >= 11 is 0. The maximum atomic E-state index is 11.7. The SMILES string of the molecule is Cc1cccc(CNC(CNC(=O)OC(C)(C)C)C(C)C)c1. The summed E-state index contributed by atoms with van der Waals surface area (Å²) < 4.78 is 5.27. The predicted octanol–water partition coefficient (Wildman–Crippen LogP) is 3.63. The van der Waals surface area contributed by atoms with E-state index in [0.29, 0.717) is 12.5 Å². The second kappa shape index (κ2) is 8.18. The second-order valence-electron chi connectivity index (χ2n) is 7.10. The third kappa shape index (κ3) is 7.46. The standard InChI is InChI=1S/C18H30N2O2/c1-13(2)16(12-20-17(21)22-18(4,5)6)19-11-15-9-7-8-14(3)10-15/h7-10,13,16,19H,11-12H2,1-6H3,(H,20,21). The molecule has 0 saturated heterocycles. The molecule has 0 aromatic heterocycles. The van der Waals surface area contributed by atoms with E-state index in [4.69, 9.17) is 4.74 Å². The molecule has 0 radical (unpaired) electrons. The summed E-state index contributed by atoms with van der Waals surface area (Å²) in [4.78, 5) is 11.7. The Hall–Kier alpha value is -1.55. The highest BCUT2D eigenvalue weighted by atomic mass is 16.6. The van der Waals surface area contributed by atoms with Gasteiger partial charge in [0.25, 0.3) is 0 Å². The Balaban J connectivity index is 2.47. The highest BCUT2D eigenvalue weighted by Crippen LogP contribution is 2.08. The number of nitrogens with one attached hydrogen (secondary N) is 2. The molecule has 0 aliphatic rings. The Morgan fingerprint density at radius 1 is 1.27 bits per heavy atom. The van der Waals surface area contributed by atoms with Crippen LogP contribution in [0.1, 0.15) is 45.7 Å². The highest BCUT2D eigenvalue weighted by molar-refractivity contribution is 5.67. The molecule has 1 amide bonds. The van der Waals surface area contributed by atoms with Crippen molar-refractivity contribution in [3.63, 3.8) is 0 Å². The number of aryl methyl sites for hydroxylation is 1. The zero-order chi connectivity index (χ0) is 16.8.